The van der Waals surface area contributed by atoms with E-state index < -0.39 is 0 Å². The molecule has 2 rings (SSSR count). The predicted molar refractivity (Wildman–Crippen MR) is 66.9 cm³/mol. The van der Waals surface area contributed by atoms with Gasteiger partial charge in [0.2, 0.25) is 0 Å². The number of halogens is 3. The molecule has 0 saturated heterocycles. The highest BCUT2D eigenvalue weighted by atomic mass is 127. The first-order chi connectivity index (χ1) is 6.59. The van der Waals surface area contributed by atoms with Gasteiger partial charge in [0.05, 0.1) is 10.2 Å². The van der Waals surface area contributed by atoms with Crippen LogP contribution in [0.2, 0.25) is 0 Å². The van der Waals surface area contributed by atoms with Crippen molar-refractivity contribution in [1.29, 1.82) is 0 Å². The van der Waals surface area contributed by atoms with Crippen LogP contribution in [0.4, 0.5) is 4.39 Å². The van der Waals surface area contributed by atoms with Gasteiger partial charge in [0.25, 0.3) is 0 Å². The highest BCUT2D eigenvalue weighted by Crippen LogP contribution is 2.25. The molecule has 14 heavy (non-hydrogen) atoms. The van der Waals surface area contributed by atoms with Crippen LogP contribution in [0.1, 0.15) is 5.69 Å². The molecule has 2 aromatic rings. The molecule has 1 nitrogen and oxygen atoms in total. The Morgan fingerprint density at radius 1 is 1.43 bits per heavy atom. The summed E-state index contributed by atoms with van der Waals surface area (Å²) >= 11 is 5.34. The average molecular weight is 366 g/mol. The average Bonchev–Trinajstić information content (AvgIpc) is 2.15. The molecule has 1 aromatic carbocycles. The quantitative estimate of drug-likeness (QED) is 0.642. The summed E-state index contributed by atoms with van der Waals surface area (Å²) in [5.41, 5.74) is 1.28. The summed E-state index contributed by atoms with van der Waals surface area (Å²) in [4.78, 5) is 4.22. The zero-order valence-electron chi connectivity index (χ0n) is 7.31. The van der Waals surface area contributed by atoms with Gasteiger partial charge in [0.15, 0.2) is 5.82 Å². The molecular formula is C10H6BrFIN. The first kappa shape index (κ1) is 10.3. The Hall–Kier alpha value is -0.230. The number of benzene rings is 1. The van der Waals surface area contributed by atoms with Gasteiger partial charge in [0, 0.05) is 8.96 Å². The van der Waals surface area contributed by atoms with Gasteiger partial charge in [-0.2, -0.15) is 0 Å². The van der Waals surface area contributed by atoms with E-state index in [0.29, 0.717) is 9.99 Å². The minimum atomic E-state index is -0.290. The number of aromatic nitrogens is 1. The van der Waals surface area contributed by atoms with Crippen molar-refractivity contribution in [2.24, 2.45) is 0 Å². The lowest BCUT2D eigenvalue weighted by atomic mass is 10.2. The zero-order chi connectivity index (χ0) is 10.3. The number of rotatable bonds is 0. The molecule has 72 valence electrons. The standard InChI is InChI=1S/C10H6BrFIN/c1-5-8(13)4-6-2-3-7(11)9(12)10(6)14-5/h2-4H,1H3. The molecule has 0 aliphatic heterocycles. The fraction of sp³-hybridized carbons (Fsp3) is 0.100. The maximum Gasteiger partial charge on any atom is 0.163 e. The van der Waals surface area contributed by atoms with Crippen LogP contribution >= 0.6 is 38.5 Å². The van der Waals surface area contributed by atoms with Crippen LogP contribution in [0.3, 0.4) is 0 Å². The SMILES string of the molecule is Cc1nc2c(F)c(Br)ccc2cc1I. The van der Waals surface area contributed by atoms with Gasteiger partial charge < -0.3 is 0 Å². The van der Waals surface area contributed by atoms with Gasteiger partial charge in [-0.1, -0.05) is 6.07 Å². The van der Waals surface area contributed by atoms with E-state index in [9.17, 15) is 4.39 Å². The van der Waals surface area contributed by atoms with Crippen LogP contribution < -0.4 is 0 Å². The monoisotopic (exact) mass is 365 g/mol. The minimum Gasteiger partial charge on any atom is -0.249 e. The van der Waals surface area contributed by atoms with E-state index in [0.717, 1.165) is 14.7 Å². The normalized spacial score (nSPS) is 10.9. The summed E-state index contributed by atoms with van der Waals surface area (Å²) in [6.45, 7) is 1.88. The number of aryl methyl sites for hydroxylation is 1. The van der Waals surface area contributed by atoms with Gasteiger partial charge >= 0.3 is 0 Å². The third-order valence-electron chi connectivity index (χ3n) is 2.01. The largest absolute Gasteiger partial charge is 0.249 e. The van der Waals surface area contributed by atoms with E-state index in [1.807, 2.05) is 19.1 Å². The molecule has 1 aromatic heterocycles. The first-order valence-corrected chi connectivity index (χ1v) is 5.87. The summed E-state index contributed by atoms with van der Waals surface area (Å²) in [5, 5.41) is 0.834. The molecular weight excluding hydrogens is 360 g/mol. The maximum absolute atomic E-state index is 13.6. The van der Waals surface area contributed by atoms with Crippen molar-refractivity contribution in [3.8, 4) is 0 Å². The molecule has 0 amide bonds. The minimum absolute atomic E-state index is 0.290. The molecule has 0 radical (unpaired) electrons. The summed E-state index contributed by atoms with van der Waals surface area (Å²) in [6, 6.07) is 5.50. The van der Waals surface area contributed by atoms with E-state index in [4.69, 9.17) is 0 Å². The molecule has 0 spiro atoms. The van der Waals surface area contributed by atoms with E-state index >= 15 is 0 Å². The van der Waals surface area contributed by atoms with Gasteiger partial charge in [-0.3, -0.25) is 0 Å². The Labute approximate surface area is 103 Å². The molecule has 0 atom stereocenters. The fourth-order valence-corrected chi connectivity index (χ4v) is 2.02. The van der Waals surface area contributed by atoms with Crippen LogP contribution in [0, 0.1) is 16.3 Å². The third-order valence-corrected chi connectivity index (χ3v) is 3.71. The van der Waals surface area contributed by atoms with E-state index in [1.165, 1.54) is 0 Å². The molecule has 0 bridgehead atoms. The van der Waals surface area contributed by atoms with Crippen molar-refractivity contribution < 1.29 is 4.39 Å². The smallest absolute Gasteiger partial charge is 0.163 e. The van der Waals surface area contributed by atoms with Gasteiger partial charge in [-0.25, -0.2) is 9.37 Å². The molecule has 0 fully saturated rings. The lowest BCUT2D eigenvalue weighted by Gasteiger charge is -2.03. The van der Waals surface area contributed by atoms with E-state index in [1.54, 1.807) is 6.07 Å². The molecule has 0 N–H and O–H groups in total. The second-order valence-electron chi connectivity index (χ2n) is 2.99. The number of fused-ring (bicyclic) bond motifs is 1. The van der Waals surface area contributed by atoms with Crippen molar-refractivity contribution in [1.82, 2.24) is 4.98 Å². The number of hydrogen-bond acceptors (Lipinski definition) is 1. The molecule has 0 aliphatic carbocycles. The topological polar surface area (TPSA) is 12.9 Å². The summed E-state index contributed by atoms with van der Waals surface area (Å²) < 4.78 is 15.1. The lowest BCUT2D eigenvalue weighted by Crippen LogP contribution is -1.91. The third kappa shape index (κ3) is 1.65. The Morgan fingerprint density at radius 2 is 2.14 bits per heavy atom. The van der Waals surface area contributed by atoms with Crippen molar-refractivity contribution in [2.75, 3.05) is 0 Å². The van der Waals surface area contributed by atoms with Crippen molar-refractivity contribution >= 4 is 49.4 Å². The van der Waals surface area contributed by atoms with Crippen molar-refractivity contribution in [3.63, 3.8) is 0 Å². The zero-order valence-corrected chi connectivity index (χ0v) is 11.1. The Bertz CT molecular complexity index is 513. The molecule has 0 aliphatic rings. The summed E-state index contributed by atoms with van der Waals surface area (Å²) in [6.07, 6.45) is 0. The second-order valence-corrected chi connectivity index (χ2v) is 5.01. The van der Waals surface area contributed by atoms with Crippen LogP contribution in [0.15, 0.2) is 22.7 Å². The van der Waals surface area contributed by atoms with Crippen LogP contribution in [-0.2, 0) is 0 Å². The van der Waals surface area contributed by atoms with E-state index in [2.05, 4.69) is 43.5 Å². The van der Waals surface area contributed by atoms with E-state index in [-0.39, 0.29) is 5.82 Å². The second kappa shape index (κ2) is 3.73. The van der Waals surface area contributed by atoms with Crippen molar-refractivity contribution in [2.45, 2.75) is 6.92 Å². The van der Waals surface area contributed by atoms with Crippen molar-refractivity contribution in [3.05, 3.63) is 37.8 Å². The highest BCUT2D eigenvalue weighted by Gasteiger charge is 2.08. The lowest BCUT2D eigenvalue weighted by molar-refractivity contribution is 0.630. The molecule has 4 heteroatoms. The van der Waals surface area contributed by atoms with Crippen LogP contribution in [0.25, 0.3) is 10.9 Å². The Balaban J connectivity index is 2.89. The fourth-order valence-electron chi connectivity index (χ4n) is 1.25. The van der Waals surface area contributed by atoms with Gasteiger partial charge in [-0.15, -0.1) is 0 Å². The number of hydrogen-bond donors (Lipinski definition) is 0. The predicted octanol–water partition coefficient (Wildman–Crippen LogP) is 4.05. The Kier molecular flexibility index (Phi) is 2.74. The Morgan fingerprint density at radius 3 is 2.86 bits per heavy atom. The molecule has 0 saturated carbocycles. The van der Waals surface area contributed by atoms with Crippen LogP contribution in [-0.4, -0.2) is 4.98 Å². The number of nitrogens with zero attached hydrogens (tertiary/aromatic N) is 1. The van der Waals surface area contributed by atoms with Gasteiger partial charge in [0.1, 0.15) is 5.52 Å². The highest BCUT2D eigenvalue weighted by molar-refractivity contribution is 14.1. The molecule has 1 heterocycles. The van der Waals surface area contributed by atoms with Gasteiger partial charge in [-0.05, 0) is 57.6 Å². The number of pyridine rings is 1. The van der Waals surface area contributed by atoms with Crippen LogP contribution in [0.5, 0.6) is 0 Å². The maximum atomic E-state index is 13.6. The summed E-state index contributed by atoms with van der Waals surface area (Å²) in [7, 11) is 0. The first-order valence-electron chi connectivity index (χ1n) is 4.00. The molecule has 0 unspecified atom stereocenters. The summed E-state index contributed by atoms with van der Waals surface area (Å²) in [5.74, 6) is -0.290.